The highest BCUT2D eigenvalue weighted by molar-refractivity contribution is 5.67. The first-order valence-electron chi connectivity index (χ1n) is 8.35. The number of anilines is 1. The second-order valence-electron chi connectivity index (χ2n) is 6.89. The van der Waals surface area contributed by atoms with E-state index < -0.39 is 5.97 Å². The number of aromatic nitrogens is 4. The average molecular weight is 344 g/mol. The van der Waals surface area contributed by atoms with Crippen LogP contribution in [0.25, 0.3) is 0 Å². The van der Waals surface area contributed by atoms with Gasteiger partial charge in [0.15, 0.2) is 0 Å². The third-order valence-corrected chi connectivity index (χ3v) is 4.63. The molecule has 0 amide bonds. The Morgan fingerprint density at radius 2 is 2.16 bits per heavy atom. The molecule has 1 aliphatic rings. The lowest BCUT2D eigenvalue weighted by molar-refractivity contribution is -0.138. The van der Waals surface area contributed by atoms with Gasteiger partial charge in [0.05, 0.1) is 12.1 Å². The second kappa shape index (κ2) is 7.18. The number of rotatable bonds is 6. The van der Waals surface area contributed by atoms with Crippen molar-refractivity contribution < 1.29 is 9.90 Å². The summed E-state index contributed by atoms with van der Waals surface area (Å²) in [6.07, 6.45) is 3.92. The standard InChI is InChI=1S/C17H24N6O2/c1-21(2)16-5-4-12(7-18-16)8-23-9-13(6-17(24)25)14(10-23)15-11-22(3)20-19-15/h4-5,7,11,13-14H,6,8-10H2,1-3H3,(H,24,25). The number of nitrogens with zero attached hydrogens (tertiary/aromatic N) is 6. The topological polar surface area (TPSA) is 87.4 Å². The summed E-state index contributed by atoms with van der Waals surface area (Å²) in [4.78, 5) is 19.9. The molecule has 134 valence electrons. The summed E-state index contributed by atoms with van der Waals surface area (Å²) in [5.41, 5.74) is 2.00. The molecule has 1 saturated heterocycles. The van der Waals surface area contributed by atoms with Crippen molar-refractivity contribution in [2.45, 2.75) is 18.9 Å². The maximum Gasteiger partial charge on any atom is 0.303 e. The highest BCUT2D eigenvalue weighted by Gasteiger charge is 2.36. The van der Waals surface area contributed by atoms with E-state index in [0.717, 1.165) is 36.7 Å². The number of aryl methyl sites for hydroxylation is 1. The predicted octanol–water partition coefficient (Wildman–Crippen LogP) is 0.966. The van der Waals surface area contributed by atoms with Crippen LogP contribution in [0.4, 0.5) is 5.82 Å². The molecule has 0 bridgehead atoms. The molecule has 0 saturated carbocycles. The molecule has 25 heavy (non-hydrogen) atoms. The van der Waals surface area contributed by atoms with Crippen LogP contribution in [0.3, 0.4) is 0 Å². The van der Waals surface area contributed by atoms with E-state index in [1.54, 1.807) is 4.68 Å². The number of hydrogen-bond acceptors (Lipinski definition) is 6. The maximum absolute atomic E-state index is 11.2. The SMILES string of the molecule is CN(C)c1ccc(CN2CC(CC(=O)O)C(c3cn(C)nn3)C2)cn1. The maximum atomic E-state index is 11.2. The molecule has 1 aliphatic heterocycles. The van der Waals surface area contributed by atoms with Crippen molar-refractivity contribution in [1.82, 2.24) is 24.9 Å². The van der Waals surface area contributed by atoms with Crippen LogP contribution in [0.5, 0.6) is 0 Å². The number of likely N-dealkylation sites (tertiary alicyclic amines) is 1. The molecule has 8 heteroatoms. The van der Waals surface area contributed by atoms with Crippen molar-refractivity contribution in [3.63, 3.8) is 0 Å². The zero-order chi connectivity index (χ0) is 18.0. The van der Waals surface area contributed by atoms with Gasteiger partial charge in [-0.05, 0) is 17.5 Å². The number of carboxylic acid groups (broad SMARTS) is 1. The van der Waals surface area contributed by atoms with Gasteiger partial charge in [0, 0.05) is 59.1 Å². The normalized spacial score (nSPS) is 20.8. The van der Waals surface area contributed by atoms with Gasteiger partial charge in [-0.2, -0.15) is 0 Å². The molecule has 2 atom stereocenters. The molecule has 8 nitrogen and oxygen atoms in total. The lowest BCUT2D eigenvalue weighted by Crippen LogP contribution is -2.21. The predicted molar refractivity (Wildman–Crippen MR) is 93.3 cm³/mol. The highest BCUT2D eigenvalue weighted by Crippen LogP contribution is 2.34. The highest BCUT2D eigenvalue weighted by atomic mass is 16.4. The minimum atomic E-state index is -0.766. The molecular formula is C17H24N6O2. The van der Waals surface area contributed by atoms with Gasteiger partial charge in [0.2, 0.25) is 0 Å². The number of aliphatic carboxylic acids is 1. The van der Waals surface area contributed by atoms with Crippen LogP contribution in [0.2, 0.25) is 0 Å². The summed E-state index contributed by atoms with van der Waals surface area (Å²) in [6.45, 7) is 2.28. The van der Waals surface area contributed by atoms with Crippen LogP contribution in [-0.4, -0.2) is 63.1 Å². The Morgan fingerprint density at radius 1 is 1.36 bits per heavy atom. The largest absolute Gasteiger partial charge is 0.481 e. The van der Waals surface area contributed by atoms with Crippen molar-refractivity contribution in [2.24, 2.45) is 13.0 Å². The quantitative estimate of drug-likeness (QED) is 0.835. The lowest BCUT2D eigenvalue weighted by Gasteiger charge is -2.16. The molecule has 3 rings (SSSR count). The van der Waals surface area contributed by atoms with Gasteiger partial charge in [-0.25, -0.2) is 4.98 Å². The van der Waals surface area contributed by atoms with Gasteiger partial charge in [-0.15, -0.1) is 5.10 Å². The van der Waals surface area contributed by atoms with Crippen molar-refractivity contribution in [2.75, 3.05) is 32.1 Å². The molecule has 1 fully saturated rings. The van der Waals surface area contributed by atoms with Gasteiger partial charge in [-0.3, -0.25) is 14.4 Å². The van der Waals surface area contributed by atoms with Gasteiger partial charge >= 0.3 is 5.97 Å². The second-order valence-corrected chi connectivity index (χ2v) is 6.89. The molecule has 3 heterocycles. The Hall–Kier alpha value is -2.48. The Morgan fingerprint density at radius 3 is 2.72 bits per heavy atom. The molecule has 0 aliphatic carbocycles. The molecule has 1 N–H and O–H groups in total. The lowest BCUT2D eigenvalue weighted by atomic mass is 9.91. The van der Waals surface area contributed by atoms with Crippen LogP contribution >= 0.6 is 0 Å². The molecular weight excluding hydrogens is 320 g/mol. The first-order valence-corrected chi connectivity index (χ1v) is 8.35. The van der Waals surface area contributed by atoms with Gasteiger partial charge in [0.1, 0.15) is 5.82 Å². The number of carboxylic acids is 1. The van der Waals surface area contributed by atoms with Gasteiger partial charge in [-0.1, -0.05) is 11.3 Å². The number of pyridine rings is 1. The zero-order valence-electron chi connectivity index (χ0n) is 14.8. The third kappa shape index (κ3) is 4.14. The number of carbonyl (C=O) groups is 1. The summed E-state index contributed by atoms with van der Waals surface area (Å²) < 4.78 is 1.67. The van der Waals surface area contributed by atoms with Crippen molar-refractivity contribution >= 4 is 11.8 Å². The third-order valence-electron chi connectivity index (χ3n) is 4.63. The molecule has 0 aromatic carbocycles. The molecule has 2 unspecified atom stereocenters. The van der Waals surface area contributed by atoms with Crippen LogP contribution < -0.4 is 4.90 Å². The summed E-state index contributed by atoms with van der Waals surface area (Å²) in [5.74, 6) is 0.297. The Bertz CT molecular complexity index is 727. The first-order chi connectivity index (χ1) is 11.9. The molecule has 2 aromatic heterocycles. The van der Waals surface area contributed by atoms with Crippen LogP contribution in [0.1, 0.15) is 23.6 Å². The van der Waals surface area contributed by atoms with E-state index in [1.165, 1.54) is 0 Å². The minimum Gasteiger partial charge on any atom is -0.481 e. The number of hydrogen-bond donors (Lipinski definition) is 1. The summed E-state index contributed by atoms with van der Waals surface area (Å²) in [7, 11) is 5.75. The van der Waals surface area contributed by atoms with Crippen molar-refractivity contribution in [3.8, 4) is 0 Å². The summed E-state index contributed by atoms with van der Waals surface area (Å²) in [5, 5.41) is 17.4. The smallest absolute Gasteiger partial charge is 0.303 e. The van der Waals surface area contributed by atoms with Gasteiger partial charge in [0.25, 0.3) is 0 Å². The van der Waals surface area contributed by atoms with Crippen molar-refractivity contribution in [3.05, 3.63) is 35.8 Å². The summed E-state index contributed by atoms with van der Waals surface area (Å²) in [6, 6.07) is 4.07. The Balaban J connectivity index is 1.71. The van der Waals surface area contributed by atoms with E-state index in [9.17, 15) is 9.90 Å². The Kier molecular flexibility index (Phi) is 4.98. The first kappa shape index (κ1) is 17.3. The zero-order valence-corrected chi connectivity index (χ0v) is 14.8. The fourth-order valence-corrected chi connectivity index (χ4v) is 3.42. The molecule has 0 radical (unpaired) electrons. The Labute approximate surface area is 147 Å². The van der Waals surface area contributed by atoms with E-state index in [-0.39, 0.29) is 18.3 Å². The van der Waals surface area contributed by atoms with Gasteiger partial charge < -0.3 is 10.0 Å². The average Bonchev–Trinajstić information content (AvgIpc) is 3.13. The minimum absolute atomic E-state index is 0.0446. The van der Waals surface area contributed by atoms with E-state index in [2.05, 4.69) is 26.3 Å². The fraction of sp³-hybridized carbons (Fsp3) is 0.529. The fourth-order valence-electron chi connectivity index (χ4n) is 3.42. The molecule has 0 spiro atoms. The van der Waals surface area contributed by atoms with Crippen molar-refractivity contribution in [1.29, 1.82) is 0 Å². The monoisotopic (exact) mass is 344 g/mol. The molecule has 2 aromatic rings. The summed E-state index contributed by atoms with van der Waals surface area (Å²) >= 11 is 0. The van der Waals surface area contributed by atoms with Crippen LogP contribution in [-0.2, 0) is 18.4 Å². The van der Waals surface area contributed by atoms with Crippen LogP contribution in [0.15, 0.2) is 24.5 Å². The van der Waals surface area contributed by atoms with E-state index in [4.69, 9.17) is 0 Å². The van der Waals surface area contributed by atoms with E-state index >= 15 is 0 Å². The van der Waals surface area contributed by atoms with E-state index in [1.807, 2.05) is 44.5 Å². The van der Waals surface area contributed by atoms with E-state index in [0.29, 0.717) is 0 Å². The van der Waals surface area contributed by atoms with Crippen LogP contribution in [0, 0.1) is 5.92 Å².